The molecule has 1 unspecified atom stereocenters. The minimum atomic E-state index is -0.959. The second-order valence-electron chi connectivity index (χ2n) is 4.46. The summed E-state index contributed by atoms with van der Waals surface area (Å²) in [5, 5.41) is 8.75. The zero-order valence-corrected chi connectivity index (χ0v) is 11.9. The number of hydrogen-bond acceptors (Lipinski definition) is 2. The molecule has 1 aromatic carbocycles. The van der Waals surface area contributed by atoms with Crippen molar-refractivity contribution in [3.05, 3.63) is 40.7 Å². The third kappa shape index (κ3) is 4.66. The molecular formula is C14H15ClFNO3. The maximum atomic E-state index is 13.0. The van der Waals surface area contributed by atoms with Gasteiger partial charge in [-0.3, -0.25) is 9.59 Å². The van der Waals surface area contributed by atoms with Crippen LogP contribution in [0.5, 0.6) is 0 Å². The van der Waals surface area contributed by atoms with Gasteiger partial charge in [0.2, 0.25) is 5.91 Å². The van der Waals surface area contributed by atoms with Gasteiger partial charge in [0.05, 0.1) is 10.9 Å². The van der Waals surface area contributed by atoms with Gasteiger partial charge in [-0.2, -0.15) is 0 Å². The maximum Gasteiger partial charge on any atom is 0.308 e. The molecular weight excluding hydrogens is 285 g/mol. The topological polar surface area (TPSA) is 57.6 Å². The zero-order chi connectivity index (χ0) is 15.3. The molecule has 0 saturated heterocycles. The lowest BCUT2D eigenvalue weighted by molar-refractivity contribution is -0.142. The van der Waals surface area contributed by atoms with E-state index in [-0.39, 0.29) is 17.5 Å². The van der Waals surface area contributed by atoms with Crippen molar-refractivity contribution in [1.29, 1.82) is 0 Å². The van der Waals surface area contributed by atoms with Crippen molar-refractivity contribution < 1.29 is 19.1 Å². The van der Waals surface area contributed by atoms with Gasteiger partial charge in [0, 0.05) is 19.7 Å². The van der Waals surface area contributed by atoms with E-state index >= 15 is 0 Å². The summed E-state index contributed by atoms with van der Waals surface area (Å²) in [5.41, 5.74) is 0.587. The summed E-state index contributed by atoms with van der Waals surface area (Å²) >= 11 is 5.63. The Bertz CT molecular complexity index is 545. The fourth-order valence-electron chi connectivity index (χ4n) is 1.49. The summed E-state index contributed by atoms with van der Waals surface area (Å²) in [5.74, 6) is -2.46. The molecule has 1 N–H and O–H groups in total. The van der Waals surface area contributed by atoms with Crippen LogP contribution in [0.25, 0.3) is 6.08 Å². The maximum absolute atomic E-state index is 13.0. The number of aliphatic carboxylic acids is 1. The highest BCUT2D eigenvalue weighted by molar-refractivity contribution is 6.30. The standard InChI is InChI=1S/C14H15ClFNO3/c1-9(14(19)20)8-17(2)13(18)6-4-10-3-5-12(16)11(15)7-10/h3-7,9H,8H2,1-2H3,(H,19,20). The summed E-state index contributed by atoms with van der Waals surface area (Å²) < 4.78 is 13.0. The number of likely N-dealkylation sites (N-methyl/N-ethyl adjacent to an activating group) is 1. The molecule has 0 aliphatic rings. The van der Waals surface area contributed by atoms with Crippen LogP contribution >= 0.6 is 11.6 Å². The molecule has 1 amide bonds. The van der Waals surface area contributed by atoms with Crippen molar-refractivity contribution in [1.82, 2.24) is 4.90 Å². The van der Waals surface area contributed by atoms with E-state index in [0.29, 0.717) is 5.56 Å². The van der Waals surface area contributed by atoms with Crippen LogP contribution in [-0.2, 0) is 9.59 Å². The predicted octanol–water partition coefficient (Wildman–Crippen LogP) is 2.67. The summed E-state index contributed by atoms with van der Waals surface area (Å²) in [6, 6.07) is 4.11. The molecule has 0 fully saturated rings. The Labute approximate surface area is 121 Å². The number of carboxylic acids is 1. The number of nitrogens with zero attached hydrogens (tertiary/aromatic N) is 1. The van der Waals surface area contributed by atoms with E-state index in [0.717, 1.165) is 0 Å². The van der Waals surface area contributed by atoms with Gasteiger partial charge in [-0.25, -0.2) is 4.39 Å². The van der Waals surface area contributed by atoms with E-state index in [2.05, 4.69) is 0 Å². The van der Waals surface area contributed by atoms with Crippen molar-refractivity contribution in [2.75, 3.05) is 13.6 Å². The van der Waals surface area contributed by atoms with E-state index in [1.54, 1.807) is 0 Å². The predicted molar refractivity (Wildman–Crippen MR) is 74.9 cm³/mol. The normalized spacial score (nSPS) is 12.4. The molecule has 0 aliphatic heterocycles. The van der Waals surface area contributed by atoms with Crippen molar-refractivity contribution in [3.63, 3.8) is 0 Å². The number of rotatable bonds is 5. The molecule has 0 saturated carbocycles. The van der Waals surface area contributed by atoms with E-state index in [9.17, 15) is 14.0 Å². The number of amides is 1. The molecule has 108 valence electrons. The van der Waals surface area contributed by atoms with Crippen LogP contribution in [0.2, 0.25) is 5.02 Å². The van der Waals surface area contributed by atoms with Gasteiger partial charge in [-0.1, -0.05) is 24.6 Å². The molecule has 0 spiro atoms. The van der Waals surface area contributed by atoms with Gasteiger partial charge < -0.3 is 10.0 Å². The quantitative estimate of drug-likeness (QED) is 0.850. The number of benzene rings is 1. The Hall–Kier alpha value is -1.88. The number of carboxylic acid groups (broad SMARTS) is 1. The van der Waals surface area contributed by atoms with Crippen molar-refractivity contribution in [3.8, 4) is 0 Å². The smallest absolute Gasteiger partial charge is 0.308 e. The van der Waals surface area contributed by atoms with E-state index in [1.807, 2.05) is 0 Å². The molecule has 20 heavy (non-hydrogen) atoms. The highest BCUT2D eigenvalue weighted by Gasteiger charge is 2.15. The summed E-state index contributed by atoms with van der Waals surface area (Å²) in [7, 11) is 1.52. The van der Waals surface area contributed by atoms with E-state index < -0.39 is 17.7 Å². The van der Waals surface area contributed by atoms with Gasteiger partial charge >= 0.3 is 5.97 Å². The monoisotopic (exact) mass is 299 g/mol. The van der Waals surface area contributed by atoms with Crippen LogP contribution in [0.4, 0.5) is 4.39 Å². The Balaban J connectivity index is 2.67. The third-order valence-electron chi connectivity index (χ3n) is 2.71. The molecule has 0 bridgehead atoms. The minimum Gasteiger partial charge on any atom is -0.481 e. The third-order valence-corrected chi connectivity index (χ3v) is 3.00. The summed E-state index contributed by atoms with van der Waals surface area (Å²) in [4.78, 5) is 23.8. The van der Waals surface area contributed by atoms with Gasteiger partial charge in [0.25, 0.3) is 0 Å². The number of hydrogen-bond donors (Lipinski definition) is 1. The summed E-state index contributed by atoms with van der Waals surface area (Å²) in [6.45, 7) is 1.64. The molecule has 0 heterocycles. The fraction of sp³-hybridized carbons (Fsp3) is 0.286. The van der Waals surface area contributed by atoms with E-state index in [1.165, 1.54) is 49.2 Å². The van der Waals surface area contributed by atoms with Gasteiger partial charge in [0.15, 0.2) is 0 Å². The summed E-state index contributed by atoms with van der Waals surface area (Å²) in [6.07, 6.45) is 2.79. The molecule has 1 atom stereocenters. The van der Waals surface area contributed by atoms with Crippen LogP contribution in [0.3, 0.4) is 0 Å². The highest BCUT2D eigenvalue weighted by atomic mass is 35.5. The SMILES string of the molecule is CC(CN(C)C(=O)C=Cc1ccc(F)c(Cl)c1)C(=O)O. The van der Waals surface area contributed by atoms with Crippen LogP contribution in [-0.4, -0.2) is 35.5 Å². The van der Waals surface area contributed by atoms with Crippen LogP contribution in [0, 0.1) is 11.7 Å². The van der Waals surface area contributed by atoms with Crippen molar-refractivity contribution in [2.24, 2.45) is 5.92 Å². The molecule has 6 heteroatoms. The number of carbonyl (C=O) groups is 2. The second-order valence-corrected chi connectivity index (χ2v) is 4.87. The number of carbonyl (C=O) groups excluding carboxylic acids is 1. The lowest BCUT2D eigenvalue weighted by atomic mass is 10.1. The average molecular weight is 300 g/mol. The van der Waals surface area contributed by atoms with Crippen LogP contribution < -0.4 is 0 Å². The Morgan fingerprint density at radius 3 is 2.70 bits per heavy atom. The average Bonchev–Trinajstić information content (AvgIpc) is 2.39. The van der Waals surface area contributed by atoms with Crippen LogP contribution in [0.15, 0.2) is 24.3 Å². The first-order chi connectivity index (χ1) is 9.31. The Morgan fingerprint density at radius 2 is 2.15 bits per heavy atom. The molecule has 0 aliphatic carbocycles. The van der Waals surface area contributed by atoms with Crippen molar-refractivity contribution >= 4 is 29.6 Å². The van der Waals surface area contributed by atoms with Crippen LogP contribution in [0.1, 0.15) is 12.5 Å². The molecule has 0 radical (unpaired) electrons. The zero-order valence-electron chi connectivity index (χ0n) is 11.1. The lowest BCUT2D eigenvalue weighted by Gasteiger charge is -2.17. The van der Waals surface area contributed by atoms with Gasteiger partial charge in [-0.05, 0) is 23.8 Å². The molecule has 0 aromatic heterocycles. The largest absolute Gasteiger partial charge is 0.481 e. The first-order valence-electron chi connectivity index (χ1n) is 5.92. The molecule has 1 rings (SSSR count). The molecule has 1 aromatic rings. The lowest BCUT2D eigenvalue weighted by Crippen LogP contribution is -2.32. The van der Waals surface area contributed by atoms with Crippen molar-refractivity contribution in [2.45, 2.75) is 6.92 Å². The van der Waals surface area contributed by atoms with Gasteiger partial charge in [0.1, 0.15) is 5.82 Å². The second kappa shape index (κ2) is 7.05. The highest BCUT2D eigenvalue weighted by Crippen LogP contribution is 2.16. The number of halogens is 2. The fourth-order valence-corrected chi connectivity index (χ4v) is 1.68. The minimum absolute atomic E-state index is 0.0209. The Kier molecular flexibility index (Phi) is 5.70. The van der Waals surface area contributed by atoms with Gasteiger partial charge in [-0.15, -0.1) is 0 Å². The van der Waals surface area contributed by atoms with E-state index in [4.69, 9.17) is 16.7 Å². The molecule has 4 nitrogen and oxygen atoms in total. The Morgan fingerprint density at radius 1 is 1.50 bits per heavy atom. The first kappa shape index (κ1) is 16.2. The first-order valence-corrected chi connectivity index (χ1v) is 6.30.